The molecule has 2 bridgehead atoms. The summed E-state index contributed by atoms with van der Waals surface area (Å²) in [5, 5.41) is 13.9. The number of hydrogen-bond donors (Lipinski definition) is 2. The van der Waals surface area contributed by atoms with Crippen LogP contribution in [0, 0.1) is 5.41 Å². The Morgan fingerprint density at radius 1 is 1.00 bits per heavy atom. The molecule has 8 heterocycles. The molecule has 49 heavy (non-hydrogen) atoms. The monoisotopic (exact) mass is 660 g/mol. The van der Waals surface area contributed by atoms with Crippen LogP contribution in [0.5, 0.6) is 0 Å². The zero-order valence-electron chi connectivity index (χ0n) is 28.0. The van der Waals surface area contributed by atoms with Gasteiger partial charge >= 0.3 is 0 Å². The molecule has 1 aliphatic carbocycles. The molecular formula is C37H40N8O4. The molecular weight excluding hydrogens is 620 g/mol. The minimum Gasteiger partial charge on any atom is -0.392 e. The van der Waals surface area contributed by atoms with Crippen molar-refractivity contribution in [2.45, 2.75) is 57.8 Å². The van der Waals surface area contributed by atoms with E-state index in [1.807, 2.05) is 28.9 Å². The lowest BCUT2D eigenvalue weighted by molar-refractivity contribution is -0.0708. The lowest BCUT2D eigenvalue weighted by atomic mass is 9.90. The number of anilines is 3. The van der Waals surface area contributed by atoms with Gasteiger partial charge in [-0.1, -0.05) is 13.8 Å². The highest BCUT2D eigenvalue weighted by Crippen LogP contribution is 2.38. The summed E-state index contributed by atoms with van der Waals surface area (Å²) in [5.74, 6) is 0.922. The van der Waals surface area contributed by atoms with E-state index in [1.54, 1.807) is 37.8 Å². The van der Waals surface area contributed by atoms with Gasteiger partial charge in [-0.05, 0) is 66.1 Å². The molecule has 0 unspecified atom stereocenters. The lowest BCUT2D eigenvalue weighted by Gasteiger charge is -2.42. The van der Waals surface area contributed by atoms with Crippen molar-refractivity contribution in [3.63, 3.8) is 0 Å². The van der Waals surface area contributed by atoms with Crippen LogP contribution in [0.15, 0.2) is 70.9 Å². The van der Waals surface area contributed by atoms with Gasteiger partial charge in [0.05, 0.1) is 37.7 Å². The number of nitrogens with zero attached hydrogens (tertiary/aromatic N) is 7. The van der Waals surface area contributed by atoms with Gasteiger partial charge < -0.3 is 29.0 Å². The van der Waals surface area contributed by atoms with Crippen LogP contribution in [-0.2, 0) is 31.2 Å². The molecule has 5 aromatic rings. The lowest BCUT2D eigenvalue weighted by Crippen LogP contribution is -2.56. The molecule has 5 aromatic heterocycles. The number of pyridine rings is 3. The quantitative estimate of drug-likeness (QED) is 0.271. The first-order valence-corrected chi connectivity index (χ1v) is 17.1. The fourth-order valence-electron chi connectivity index (χ4n) is 8.54. The minimum absolute atomic E-state index is 0.172. The predicted octanol–water partition coefficient (Wildman–Crippen LogP) is 3.27. The van der Waals surface area contributed by atoms with Crippen LogP contribution in [0.2, 0.25) is 0 Å². The highest BCUT2D eigenvalue weighted by Gasteiger charge is 2.47. The molecule has 2 atom stereocenters. The zero-order valence-corrected chi connectivity index (χ0v) is 28.0. The van der Waals surface area contributed by atoms with Crippen molar-refractivity contribution in [2.24, 2.45) is 12.5 Å². The largest absolute Gasteiger partial charge is 0.392 e. The van der Waals surface area contributed by atoms with Gasteiger partial charge in [-0.25, -0.2) is 9.97 Å². The Morgan fingerprint density at radius 2 is 1.86 bits per heavy atom. The van der Waals surface area contributed by atoms with Crippen LogP contribution in [0.1, 0.15) is 37.1 Å². The van der Waals surface area contributed by atoms with Crippen molar-refractivity contribution < 1.29 is 9.84 Å². The van der Waals surface area contributed by atoms with Crippen molar-refractivity contribution >= 4 is 22.7 Å². The number of piperazine rings is 1. The van der Waals surface area contributed by atoms with E-state index in [0.717, 1.165) is 44.8 Å². The molecule has 3 fully saturated rings. The van der Waals surface area contributed by atoms with E-state index < -0.39 is 0 Å². The zero-order chi connectivity index (χ0) is 33.6. The summed E-state index contributed by atoms with van der Waals surface area (Å²) in [5.41, 5.74) is 6.03. The molecule has 12 heteroatoms. The molecule has 3 saturated heterocycles. The maximum Gasteiger partial charge on any atom is 0.280 e. The second-order valence-electron chi connectivity index (χ2n) is 14.9. The molecule has 0 amide bonds. The van der Waals surface area contributed by atoms with E-state index in [1.165, 1.54) is 26.8 Å². The first-order chi connectivity index (χ1) is 23.7. The van der Waals surface area contributed by atoms with E-state index in [9.17, 15) is 14.7 Å². The van der Waals surface area contributed by atoms with Crippen molar-refractivity contribution in [3.05, 3.63) is 98.8 Å². The molecule has 12 nitrogen and oxygen atoms in total. The van der Waals surface area contributed by atoms with Crippen molar-refractivity contribution in [1.82, 2.24) is 28.4 Å². The Balaban J connectivity index is 0.998. The third-order valence-corrected chi connectivity index (χ3v) is 11.0. The topological polar surface area (TPSA) is 122 Å². The van der Waals surface area contributed by atoms with Gasteiger partial charge in [-0.2, -0.15) is 0 Å². The highest BCUT2D eigenvalue weighted by atomic mass is 16.5. The van der Waals surface area contributed by atoms with Gasteiger partial charge in [0, 0.05) is 73.8 Å². The summed E-state index contributed by atoms with van der Waals surface area (Å²) in [6.07, 6.45) is 11.9. The smallest absolute Gasteiger partial charge is 0.280 e. The molecule has 0 saturated carbocycles. The van der Waals surface area contributed by atoms with Crippen LogP contribution in [0.4, 0.5) is 17.2 Å². The van der Waals surface area contributed by atoms with Gasteiger partial charge in [0.1, 0.15) is 22.8 Å². The van der Waals surface area contributed by atoms with Crippen LogP contribution >= 0.6 is 0 Å². The summed E-state index contributed by atoms with van der Waals surface area (Å²) in [4.78, 5) is 41.4. The van der Waals surface area contributed by atoms with Crippen LogP contribution < -0.4 is 21.3 Å². The van der Waals surface area contributed by atoms with Gasteiger partial charge in [0.15, 0.2) is 0 Å². The Labute approximate surface area is 283 Å². The average Bonchev–Trinajstić information content (AvgIpc) is 3.82. The average molecular weight is 661 g/mol. The minimum atomic E-state index is -0.346. The highest BCUT2D eigenvalue weighted by molar-refractivity contribution is 5.73. The first kappa shape index (κ1) is 30.3. The number of aliphatic hydroxyl groups excluding tert-OH is 1. The normalized spacial score (nSPS) is 21.4. The van der Waals surface area contributed by atoms with E-state index >= 15 is 0 Å². The third-order valence-electron chi connectivity index (χ3n) is 11.0. The van der Waals surface area contributed by atoms with E-state index in [-0.39, 0.29) is 23.1 Å². The van der Waals surface area contributed by atoms with Gasteiger partial charge in [0.25, 0.3) is 11.1 Å². The Hall–Kier alpha value is -4.78. The Kier molecular flexibility index (Phi) is 6.88. The number of aryl methyl sites for hydroxylation is 1. The molecule has 2 N–H and O–H groups in total. The molecule has 3 aliphatic heterocycles. The number of aliphatic hydroxyl groups is 1. The number of hydrogen-bond acceptors (Lipinski definition) is 9. The van der Waals surface area contributed by atoms with E-state index in [0.29, 0.717) is 57.7 Å². The summed E-state index contributed by atoms with van der Waals surface area (Å²) < 4.78 is 10.4. The van der Waals surface area contributed by atoms with Crippen molar-refractivity contribution in [1.29, 1.82) is 0 Å². The third kappa shape index (κ3) is 4.92. The fraction of sp³-hybridized carbons (Fsp3) is 0.405. The molecule has 4 aliphatic rings. The number of aromatic nitrogens is 5. The molecule has 0 aromatic carbocycles. The summed E-state index contributed by atoms with van der Waals surface area (Å²) in [6, 6.07) is 11.1. The SMILES string of the molecule is Cn1cc(-c2ccnc(-n3ccn4c5c(cc4c3=O)CC(C)(C)C5)c2CO)cc(Nc2ccc(N3C[C@@H]4C[C@H]3CN4C3COC3)cn2)c1=O. The van der Waals surface area contributed by atoms with Crippen LogP contribution in [-0.4, -0.2) is 77.9 Å². The van der Waals surface area contributed by atoms with E-state index in [2.05, 4.69) is 45.0 Å². The van der Waals surface area contributed by atoms with Crippen molar-refractivity contribution in [2.75, 3.05) is 36.5 Å². The number of nitrogens with one attached hydrogen (secondary N) is 1. The number of ether oxygens (including phenoxy) is 1. The number of rotatable bonds is 7. The Morgan fingerprint density at radius 3 is 2.57 bits per heavy atom. The molecule has 0 radical (unpaired) electrons. The van der Waals surface area contributed by atoms with Crippen molar-refractivity contribution in [3.8, 4) is 16.9 Å². The molecule has 0 spiro atoms. The standard InChI is InChI=1S/C37H40N8O4/c1-37(2)13-22-11-31-36(48)43(9-8-42(31)32(22)14-37)34-29(19-46)28(6-7-38-34)23-10-30(35(47)41(3)16-23)40-33-5-4-24(15-39-33)44-17-26-12-25(44)18-45(26)27-20-49-21-27/h4-11,15-16,25-27,46H,12-14,17-21H2,1-3H3,(H,39,40)/t25-,26-/m0/s1. The second-order valence-corrected chi connectivity index (χ2v) is 14.9. The summed E-state index contributed by atoms with van der Waals surface area (Å²) in [6.45, 7) is 7.89. The maximum atomic E-state index is 13.8. The van der Waals surface area contributed by atoms with Gasteiger partial charge in [0.2, 0.25) is 0 Å². The summed E-state index contributed by atoms with van der Waals surface area (Å²) >= 11 is 0. The van der Waals surface area contributed by atoms with Gasteiger partial charge in [-0.15, -0.1) is 0 Å². The fourth-order valence-corrected chi connectivity index (χ4v) is 8.54. The second kappa shape index (κ2) is 11.1. The van der Waals surface area contributed by atoms with Gasteiger partial charge in [-0.3, -0.25) is 19.1 Å². The Bertz CT molecular complexity index is 2230. The number of likely N-dealkylation sites (tertiary alicyclic amines) is 1. The predicted molar refractivity (Wildman–Crippen MR) is 187 cm³/mol. The molecule has 252 valence electrons. The van der Waals surface area contributed by atoms with Crippen LogP contribution in [0.3, 0.4) is 0 Å². The maximum absolute atomic E-state index is 13.8. The van der Waals surface area contributed by atoms with Crippen LogP contribution in [0.25, 0.3) is 22.5 Å². The van der Waals surface area contributed by atoms with E-state index in [4.69, 9.17) is 4.74 Å². The number of fused-ring (bicyclic) bond motifs is 5. The summed E-state index contributed by atoms with van der Waals surface area (Å²) in [7, 11) is 1.70. The molecule has 9 rings (SSSR count). The first-order valence-electron chi connectivity index (χ1n) is 17.1.